The van der Waals surface area contributed by atoms with Crippen LogP contribution in [0.4, 0.5) is 10.5 Å². The highest BCUT2D eigenvalue weighted by Crippen LogP contribution is 2.14. The highest BCUT2D eigenvalue weighted by molar-refractivity contribution is 5.93. The van der Waals surface area contributed by atoms with E-state index in [0.29, 0.717) is 6.54 Å². The molecule has 0 aliphatic heterocycles. The summed E-state index contributed by atoms with van der Waals surface area (Å²) >= 11 is 0. The molecule has 2 amide bonds. The predicted molar refractivity (Wildman–Crippen MR) is 69.7 cm³/mol. The van der Waals surface area contributed by atoms with Crippen LogP contribution in [0.3, 0.4) is 0 Å². The molecule has 0 fully saturated rings. The lowest BCUT2D eigenvalue weighted by molar-refractivity contribution is -0.135. The molecule has 1 rings (SSSR count). The van der Waals surface area contributed by atoms with E-state index < -0.39 is 5.97 Å². The smallest absolute Gasteiger partial charge is 0.323 e. The van der Waals surface area contributed by atoms with Crippen molar-refractivity contribution in [2.75, 3.05) is 18.0 Å². The molecule has 0 bridgehead atoms. The summed E-state index contributed by atoms with van der Waals surface area (Å²) in [5, 5.41) is 10.9. The van der Waals surface area contributed by atoms with E-state index in [1.54, 1.807) is 4.90 Å². The van der Waals surface area contributed by atoms with Crippen LogP contribution >= 0.6 is 0 Å². The molecule has 0 saturated carbocycles. The van der Waals surface area contributed by atoms with Crippen molar-refractivity contribution in [3.8, 4) is 0 Å². The van der Waals surface area contributed by atoms with Crippen LogP contribution in [-0.2, 0) is 4.79 Å². The van der Waals surface area contributed by atoms with E-state index in [4.69, 9.17) is 5.11 Å². The molecule has 98 valence electrons. The summed E-state index contributed by atoms with van der Waals surface area (Å²) in [5.41, 5.74) is 0.772. The van der Waals surface area contributed by atoms with Gasteiger partial charge in [0.2, 0.25) is 0 Å². The monoisotopic (exact) mass is 250 g/mol. The Balaban J connectivity index is 2.71. The molecule has 5 nitrogen and oxygen atoms in total. The quantitative estimate of drug-likeness (QED) is 0.812. The van der Waals surface area contributed by atoms with Crippen LogP contribution in [0.2, 0.25) is 0 Å². The number of para-hydroxylation sites is 1. The van der Waals surface area contributed by atoms with Gasteiger partial charge >= 0.3 is 12.0 Å². The Kier molecular flexibility index (Phi) is 5.70. The first kappa shape index (κ1) is 14.0. The van der Waals surface area contributed by atoms with Gasteiger partial charge in [0.1, 0.15) is 6.54 Å². The number of amides is 2. The van der Waals surface area contributed by atoms with E-state index in [1.807, 2.05) is 37.3 Å². The maximum absolute atomic E-state index is 11.9. The molecule has 0 spiro atoms. The molecule has 0 unspecified atom stereocenters. The van der Waals surface area contributed by atoms with Crippen molar-refractivity contribution in [2.45, 2.75) is 19.8 Å². The third-order valence-electron chi connectivity index (χ3n) is 2.44. The number of anilines is 1. The number of carboxylic acids is 1. The van der Waals surface area contributed by atoms with Gasteiger partial charge in [-0.1, -0.05) is 31.5 Å². The van der Waals surface area contributed by atoms with Crippen LogP contribution in [-0.4, -0.2) is 30.2 Å². The molecule has 18 heavy (non-hydrogen) atoms. The molecule has 0 atom stereocenters. The first-order chi connectivity index (χ1) is 8.65. The summed E-state index contributed by atoms with van der Waals surface area (Å²) < 4.78 is 0. The first-order valence-corrected chi connectivity index (χ1v) is 5.97. The second kappa shape index (κ2) is 7.32. The fraction of sp³-hybridized carbons (Fsp3) is 0.385. The number of carbonyl (C=O) groups is 2. The van der Waals surface area contributed by atoms with E-state index in [9.17, 15) is 9.59 Å². The second-order valence-electron chi connectivity index (χ2n) is 3.89. The zero-order chi connectivity index (χ0) is 13.4. The number of nitrogens with one attached hydrogen (secondary N) is 1. The Morgan fingerprint density at radius 2 is 1.94 bits per heavy atom. The number of unbranched alkanes of at least 4 members (excludes halogenated alkanes) is 1. The number of carboxylic acid groups (broad SMARTS) is 1. The Morgan fingerprint density at radius 3 is 2.50 bits per heavy atom. The second-order valence-corrected chi connectivity index (χ2v) is 3.89. The molecular weight excluding hydrogens is 232 g/mol. The number of carbonyl (C=O) groups excluding carboxylic acids is 1. The molecular formula is C13H18N2O3. The van der Waals surface area contributed by atoms with Gasteiger partial charge in [-0.25, -0.2) is 4.79 Å². The Hall–Kier alpha value is -2.04. The van der Waals surface area contributed by atoms with Gasteiger partial charge in [-0.15, -0.1) is 0 Å². The average Bonchev–Trinajstić information content (AvgIpc) is 2.38. The van der Waals surface area contributed by atoms with Gasteiger partial charge in [0.25, 0.3) is 0 Å². The van der Waals surface area contributed by atoms with E-state index in [2.05, 4.69) is 5.32 Å². The van der Waals surface area contributed by atoms with E-state index in [0.717, 1.165) is 18.5 Å². The Bertz CT molecular complexity index is 392. The van der Waals surface area contributed by atoms with Crippen LogP contribution in [0.5, 0.6) is 0 Å². The predicted octanol–water partition coefficient (Wildman–Crippen LogP) is 2.09. The third kappa shape index (κ3) is 4.45. The Morgan fingerprint density at radius 1 is 1.28 bits per heavy atom. The van der Waals surface area contributed by atoms with Gasteiger partial charge in [-0.05, 0) is 18.6 Å². The van der Waals surface area contributed by atoms with Gasteiger partial charge in [0.15, 0.2) is 0 Å². The number of hydrogen-bond acceptors (Lipinski definition) is 2. The summed E-state index contributed by atoms with van der Waals surface area (Å²) in [6.45, 7) is 2.25. The summed E-state index contributed by atoms with van der Waals surface area (Å²) in [6.07, 6.45) is 1.84. The molecule has 0 saturated heterocycles. The highest BCUT2D eigenvalue weighted by Gasteiger charge is 2.15. The average molecular weight is 250 g/mol. The normalized spacial score (nSPS) is 9.83. The van der Waals surface area contributed by atoms with Crippen molar-refractivity contribution in [1.29, 1.82) is 0 Å². The van der Waals surface area contributed by atoms with Gasteiger partial charge < -0.3 is 10.4 Å². The zero-order valence-corrected chi connectivity index (χ0v) is 10.4. The Labute approximate surface area is 106 Å². The lowest BCUT2D eigenvalue weighted by Gasteiger charge is -2.22. The standard InChI is InChI=1S/C13H18N2O3/c1-2-3-9-15(11-7-5-4-6-8-11)13(18)14-10-12(16)17/h4-8H,2-3,9-10H2,1H3,(H,14,18)(H,16,17). The molecule has 2 N–H and O–H groups in total. The maximum Gasteiger partial charge on any atom is 0.323 e. The highest BCUT2D eigenvalue weighted by atomic mass is 16.4. The molecule has 0 aliphatic carbocycles. The summed E-state index contributed by atoms with van der Waals surface area (Å²) in [6, 6.07) is 8.84. The minimum absolute atomic E-state index is 0.367. The SMILES string of the molecule is CCCCN(C(=O)NCC(=O)O)c1ccccc1. The van der Waals surface area contributed by atoms with E-state index >= 15 is 0 Å². The molecule has 1 aromatic carbocycles. The largest absolute Gasteiger partial charge is 0.480 e. The summed E-state index contributed by atoms with van der Waals surface area (Å²) in [7, 11) is 0. The van der Waals surface area contributed by atoms with Crippen LogP contribution < -0.4 is 10.2 Å². The number of hydrogen-bond donors (Lipinski definition) is 2. The molecule has 0 radical (unpaired) electrons. The van der Waals surface area contributed by atoms with Crippen molar-refractivity contribution in [3.05, 3.63) is 30.3 Å². The first-order valence-electron chi connectivity index (χ1n) is 5.97. The number of urea groups is 1. The van der Waals surface area contributed by atoms with Crippen LogP contribution in [0.15, 0.2) is 30.3 Å². The maximum atomic E-state index is 11.9. The van der Waals surface area contributed by atoms with Crippen molar-refractivity contribution in [2.24, 2.45) is 0 Å². The fourth-order valence-corrected chi connectivity index (χ4v) is 1.52. The lowest BCUT2D eigenvalue weighted by atomic mass is 10.2. The van der Waals surface area contributed by atoms with E-state index in [-0.39, 0.29) is 12.6 Å². The molecule has 1 aromatic rings. The molecule has 5 heteroatoms. The fourth-order valence-electron chi connectivity index (χ4n) is 1.52. The molecule has 0 aliphatic rings. The topological polar surface area (TPSA) is 69.6 Å². The lowest BCUT2D eigenvalue weighted by Crippen LogP contribution is -2.42. The molecule has 0 aromatic heterocycles. The van der Waals surface area contributed by atoms with Gasteiger partial charge in [-0.3, -0.25) is 9.69 Å². The van der Waals surface area contributed by atoms with Crippen molar-refractivity contribution < 1.29 is 14.7 Å². The third-order valence-corrected chi connectivity index (χ3v) is 2.44. The molecule has 0 heterocycles. The minimum atomic E-state index is -1.05. The van der Waals surface area contributed by atoms with Crippen molar-refractivity contribution in [1.82, 2.24) is 5.32 Å². The van der Waals surface area contributed by atoms with Crippen LogP contribution in [0.25, 0.3) is 0 Å². The minimum Gasteiger partial charge on any atom is -0.480 e. The zero-order valence-electron chi connectivity index (χ0n) is 10.4. The van der Waals surface area contributed by atoms with Crippen molar-refractivity contribution >= 4 is 17.7 Å². The van der Waals surface area contributed by atoms with Gasteiger partial charge in [-0.2, -0.15) is 0 Å². The van der Waals surface area contributed by atoms with Crippen molar-refractivity contribution in [3.63, 3.8) is 0 Å². The number of aliphatic carboxylic acids is 1. The van der Waals surface area contributed by atoms with Crippen LogP contribution in [0.1, 0.15) is 19.8 Å². The summed E-state index contributed by atoms with van der Waals surface area (Å²) in [5.74, 6) is -1.05. The van der Waals surface area contributed by atoms with E-state index in [1.165, 1.54) is 0 Å². The van der Waals surface area contributed by atoms with Gasteiger partial charge in [0.05, 0.1) is 0 Å². The number of rotatable bonds is 6. The number of nitrogens with zero attached hydrogens (tertiary/aromatic N) is 1. The number of benzene rings is 1. The van der Waals surface area contributed by atoms with Gasteiger partial charge in [0, 0.05) is 12.2 Å². The summed E-state index contributed by atoms with van der Waals surface area (Å²) in [4.78, 5) is 23.9. The van der Waals surface area contributed by atoms with Crippen LogP contribution in [0, 0.1) is 0 Å².